The molecule has 0 bridgehead atoms. The molecule has 2 aliphatic heterocycles. The van der Waals surface area contributed by atoms with Gasteiger partial charge in [0.1, 0.15) is 11.7 Å². The summed E-state index contributed by atoms with van der Waals surface area (Å²) >= 11 is 0. The number of imidazole rings is 1. The van der Waals surface area contributed by atoms with Crippen LogP contribution in [0.4, 0.5) is 38.0 Å². The first-order valence-electron chi connectivity index (χ1n) is 12.1. The lowest BCUT2D eigenvalue weighted by Gasteiger charge is -2.58. The topological polar surface area (TPSA) is 65.1 Å². The predicted molar refractivity (Wildman–Crippen MR) is 126 cm³/mol. The Hall–Kier alpha value is -3.83. The van der Waals surface area contributed by atoms with Crippen LogP contribution in [0.3, 0.4) is 0 Å². The maximum atomic E-state index is 14.1. The number of rotatable bonds is 3. The Kier molecular flexibility index (Phi) is 5.55. The van der Waals surface area contributed by atoms with Crippen molar-refractivity contribution in [3.8, 4) is 0 Å². The zero-order valence-corrected chi connectivity index (χ0v) is 19.8. The molecule has 6 rings (SSSR count). The first kappa shape index (κ1) is 24.5. The summed E-state index contributed by atoms with van der Waals surface area (Å²) in [5.41, 5.74) is 0.324. The van der Waals surface area contributed by atoms with Crippen LogP contribution in [-0.4, -0.2) is 40.1 Å². The van der Waals surface area contributed by atoms with Gasteiger partial charge in [-0.3, -0.25) is 9.78 Å². The first-order chi connectivity index (χ1) is 18.1. The number of halogens is 6. The molecule has 2 fully saturated rings. The molecule has 0 radical (unpaired) electrons. The van der Waals surface area contributed by atoms with Crippen LogP contribution < -0.4 is 9.80 Å². The van der Waals surface area contributed by atoms with E-state index >= 15 is 0 Å². The molecule has 6 nitrogen and oxygen atoms in total. The van der Waals surface area contributed by atoms with E-state index in [1.54, 1.807) is 24.4 Å². The highest BCUT2D eigenvalue weighted by Gasteiger charge is 2.62. The fourth-order valence-electron chi connectivity index (χ4n) is 5.75. The number of hydrogen-bond donors (Lipinski definition) is 1. The average molecular weight is 533 g/mol. The van der Waals surface area contributed by atoms with E-state index in [2.05, 4.69) is 15.0 Å². The van der Waals surface area contributed by atoms with Crippen molar-refractivity contribution >= 4 is 23.6 Å². The molecule has 3 aromatic rings. The van der Waals surface area contributed by atoms with E-state index in [-0.39, 0.29) is 23.0 Å². The van der Waals surface area contributed by atoms with Crippen molar-refractivity contribution < 1.29 is 31.1 Å². The van der Waals surface area contributed by atoms with Gasteiger partial charge < -0.3 is 14.8 Å². The standard InChI is InChI=1S/C26H21F6N5O/c27-16-5-4-14(11-18(16)29)37-22(19-3-1-2-8-33-19)25(23(37)38)6-9-36(10-7-25)24-34-20-12-15(26(30,31)32)17(28)13-21(20)35-24/h1-5,8,11,13,15,22H,6-7,9-10,12H2,(H,34,35). The number of piperidine rings is 1. The Morgan fingerprint density at radius 3 is 2.45 bits per heavy atom. The Balaban J connectivity index is 1.25. The number of aromatic amines is 1. The number of fused-ring (bicyclic) bond motifs is 1. The minimum atomic E-state index is -4.70. The minimum Gasteiger partial charge on any atom is -0.342 e. The number of aromatic nitrogens is 3. The smallest absolute Gasteiger partial charge is 0.342 e. The van der Waals surface area contributed by atoms with Crippen molar-refractivity contribution in [3.05, 3.63) is 77.1 Å². The van der Waals surface area contributed by atoms with Crippen LogP contribution in [0.25, 0.3) is 6.08 Å². The lowest BCUT2D eigenvalue weighted by Crippen LogP contribution is -2.67. The van der Waals surface area contributed by atoms with Gasteiger partial charge in [0.2, 0.25) is 11.9 Å². The van der Waals surface area contributed by atoms with E-state index in [0.717, 1.165) is 18.2 Å². The molecular formula is C26H21F6N5O. The fourth-order valence-corrected chi connectivity index (χ4v) is 5.75. The van der Waals surface area contributed by atoms with Crippen molar-refractivity contribution in [1.29, 1.82) is 0 Å². The molecule has 2 unspecified atom stereocenters. The summed E-state index contributed by atoms with van der Waals surface area (Å²) < 4.78 is 81.2. The molecule has 2 aromatic heterocycles. The molecule has 4 heterocycles. The molecule has 0 saturated carbocycles. The van der Waals surface area contributed by atoms with Crippen molar-refractivity contribution in [3.63, 3.8) is 0 Å². The number of carbonyl (C=O) groups is 1. The van der Waals surface area contributed by atoms with E-state index in [1.807, 2.05) is 4.90 Å². The van der Waals surface area contributed by atoms with E-state index in [9.17, 15) is 31.1 Å². The summed E-state index contributed by atoms with van der Waals surface area (Å²) in [6.07, 6.45) is -2.11. The number of pyridine rings is 1. The number of hydrogen-bond acceptors (Lipinski definition) is 4. The Labute approximate surface area is 213 Å². The second kappa shape index (κ2) is 8.60. The van der Waals surface area contributed by atoms with Gasteiger partial charge in [0.25, 0.3) is 0 Å². The molecule has 198 valence electrons. The van der Waals surface area contributed by atoms with Crippen molar-refractivity contribution in [1.82, 2.24) is 15.0 Å². The van der Waals surface area contributed by atoms with E-state index in [4.69, 9.17) is 0 Å². The third kappa shape index (κ3) is 3.76. The number of benzene rings is 1. The lowest BCUT2D eigenvalue weighted by atomic mass is 9.63. The molecule has 3 aliphatic rings. The predicted octanol–water partition coefficient (Wildman–Crippen LogP) is 5.50. The van der Waals surface area contributed by atoms with Crippen LogP contribution in [0.15, 0.2) is 48.4 Å². The molecule has 2 saturated heterocycles. The third-order valence-corrected chi connectivity index (χ3v) is 7.74. The highest BCUT2D eigenvalue weighted by atomic mass is 19.4. The average Bonchev–Trinajstić information content (AvgIpc) is 3.31. The maximum absolute atomic E-state index is 14.1. The van der Waals surface area contributed by atoms with Crippen LogP contribution in [0.2, 0.25) is 0 Å². The number of β-lactam (4-membered cyclic amide) rings is 1. The van der Waals surface area contributed by atoms with Crippen LogP contribution in [0, 0.1) is 23.0 Å². The van der Waals surface area contributed by atoms with E-state index in [0.29, 0.717) is 37.6 Å². The molecule has 12 heteroatoms. The number of H-pyrrole nitrogens is 1. The van der Waals surface area contributed by atoms with E-state index in [1.165, 1.54) is 11.0 Å². The van der Waals surface area contributed by atoms with Gasteiger partial charge in [0.05, 0.1) is 22.8 Å². The number of nitrogens with zero attached hydrogens (tertiary/aromatic N) is 4. The van der Waals surface area contributed by atoms with Crippen LogP contribution >= 0.6 is 0 Å². The van der Waals surface area contributed by atoms with Gasteiger partial charge in [-0.25, -0.2) is 18.2 Å². The zero-order valence-electron chi connectivity index (χ0n) is 19.8. The van der Waals surface area contributed by atoms with Gasteiger partial charge in [0.15, 0.2) is 11.6 Å². The minimum absolute atomic E-state index is 0.133. The molecule has 2 atom stereocenters. The zero-order chi connectivity index (χ0) is 26.8. The van der Waals surface area contributed by atoms with Gasteiger partial charge in [-0.1, -0.05) is 6.07 Å². The molecule has 38 heavy (non-hydrogen) atoms. The molecule has 1 spiro atoms. The van der Waals surface area contributed by atoms with Gasteiger partial charge in [-0.2, -0.15) is 13.2 Å². The van der Waals surface area contributed by atoms with Crippen molar-refractivity contribution in [2.24, 2.45) is 11.3 Å². The number of alkyl halides is 3. The Morgan fingerprint density at radius 1 is 1.03 bits per heavy atom. The first-order valence-corrected chi connectivity index (χ1v) is 12.1. The lowest BCUT2D eigenvalue weighted by molar-refractivity contribution is -0.168. The van der Waals surface area contributed by atoms with Crippen LogP contribution in [-0.2, 0) is 11.2 Å². The number of nitrogens with one attached hydrogen (secondary N) is 1. The Bertz CT molecular complexity index is 1430. The number of anilines is 2. The number of allylic oxidation sites excluding steroid dienone is 1. The second-order valence-electron chi connectivity index (χ2n) is 9.83. The van der Waals surface area contributed by atoms with E-state index < -0.39 is 47.4 Å². The van der Waals surface area contributed by atoms with Crippen molar-refractivity contribution in [2.75, 3.05) is 22.9 Å². The molecule has 1 aromatic carbocycles. The summed E-state index contributed by atoms with van der Waals surface area (Å²) in [6.45, 7) is 0.698. The molecule has 1 amide bonds. The van der Waals surface area contributed by atoms with Crippen molar-refractivity contribution in [2.45, 2.75) is 31.5 Å². The molecular weight excluding hydrogens is 512 g/mol. The summed E-state index contributed by atoms with van der Waals surface area (Å²) in [5.74, 6) is -5.48. The number of carbonyl (C=O) groups excluding carboxylic acids is 1. The second-order valence-corrected chi connectivity index (χ2v) is 9.83. The normalized spacial score (nSPS) is 22.8. The largest absolute Gasteiger partial charge is 0.398 e. The quantitative estimate of drug-likeness (QED) is 0.357. The van der Waals surface area contributed by atoms with Gasteiger partial charge in [-0.15, -0.1) is 0 Å². The van der Waals surface area contributed by atoms with Gasteiger partial charge in [-0.05, 0) is 43.2 Å². The molecule has 1 N–H and O–H groups in total. The number of amides is 1. The fraction of sp³-hybridized carbons (Fsp3) is 0.346. The summed E-state index contributed by atoms with van der Waals surface area (Å²) in [5, 5.41) is 0. The van der Waals surface area contributed by atoms with Crippen LogP contribution in [0.1, 0.15) is 36.0 Å². The highest BCUT2D eigenvalue weighted by Crippen LogP contribution is 2.57. The molecule has 1 aliphatic carbocycles. The summed E-state index contributed by atoms with van der Waals surface area (Å²) in [4.78, 5) is 28.5. The highest BCUT2D eigenvalue weighted by molar-refractivity contribution is 6.06. The monoisotopic (exact) mass is 533 g/mol. The maximum Gasteiger partial charge on any atom is 0.398 e. The van der Waals surface area contributed by atoms with Gasteiger partial charge in [0, 0.05) is 43.2 Å². The summed E-state index contributed by atoms with van der Waals surface area (Å²) in [7, 11) is 0. The van der Waals surface area contributed by atoms with Crippen LogP contribution in [0.5, 0.6) is 0 Å². The summed E-state index contributed by atoms with van der Waals surface area (Å²) in [6, 6.07) is 8.09. The Morgan fingerprint density at radius 2 is 1.79 bits per heavy atom. The third-order valence-electron chi connectivity index (χ3n) is 7.74. The van der Waals surface area contributed by atoms with Gasteiger partial charge >= 0.3 is 6.18 Å². The SMILES string of the molecule is O=C1N(c2ccc(F)c(F)c2)C(c2ccccn2)C12CCN(c1nc3c([nH]1)CC(C(F)(F)F)C(F)=C3)CC2.